The number of nitrogens with one attached hydrogen (secondary N) is 2. The minimum absolute atomic E-state index is 0.0233. The molecule has 0 saturated carbocycles. The number of anilines is 1. The molecule has 2 N–H and O–H groups in total. The summed E-state index contributed by atoms with van der Waals surface area (Å²) in [6.07, 6.45) is 0.0233. The molecule has 0 aromatic heterocycles. The summed E-state index contributed by atoms with van der Waals surface area (Å²) in [6, 6.07) is 14.6. The SMILES string of the molecule is Cc1ccc(F)cc1C1NC(=O)CC(c2cccc(Cl)c2)C12C(=O)Nc1cc(F)ccc12. The second-order valence-electron chi connectivity index (χ2n) is 8.33. The third kappa shape index (κ3) is 3.01. The van der Waals surface area contributed by atoms with E-state index in [1.54, 1.807) is 37.3 Å². The van der Waals surface area contributed by atoms with Gasteiger partial charge < -0.3 is 10.6 Å². The van der Waals surface area contributed by atoms with Crippen LogP contribution in [-0.2, 0) is 15.0 Å². The van der Waals surface area contributed by atoms with E-state index < -0.39 is 29.0 Å². The Morgan fingerprint density at radius 2 is 1.75 bits per heavy atom. The zero-order chi connectivity index (χ0) is 22.6. The minimum atomic E-state index is -1.32. The Balaban J connectivity index is 1.83. The number of carbonyl (C=O) groups excluding carboxylic acids is 2. The van der Waals surface area contributed by atoms with Gasteiger partial charge in [0.15, 0.2) is 0 Å². The number of halogens is 3. The predicted molar refractivity (Wildman–Crippen MR) is 118 cm³/mol. The fourth-order valence-corrected chi connectivity index (χ4v) is 5.39. The van der Waals surface area contributed by atoms with Crippen LogP contribution in [0.2, 0.25) is 5.02 Å². The summed E-state index contributed by atoms with van der Waals surface area (Å²) in [5, 5.41) is 6.22. The second-order valence-corrected chi connectivity index (χ2v) is 8.76. The number of hydrogen-bond donors (Lipinski definition) is 2. The monoisotopic (exact) mass is 452 g/mol. The Bertz CT molecular complexity index is 1280. The Hall–Kier alpha value is -3.25. The van der Waals surface area contributed by atoms with Crippen molar-refractivity contribution in [2.75, 3.05) is 5.32 Å². The highest BCUT2D eigenvalue weighted by Gasteiger charge is 2.61. The van der Waals surface area contributed by atoms with E-state index in [1.165, 1.54) is 24.3 Å². The lowest BCUT2D eigenvalue weighted by Gasteiger charge is -2.46. The van der Waals surface area contributed by atoms with E-state index >= 15 is 0 Å². The summed E-state index contributed by atoms with van der Waals surface area (Å²) in [5.41, 5.74) is 1.52. The molecular formula is C25H19ClF2N2O2. The molecule has 3 atom stereocenters. The van der Waals surface area contributed by atoms with Crippen LogP contribution in [0, 0.1) is 18.6 Å². The zero-order valence-corrected chi connectivity index (χ0v) is 17.8. The molecule has 1 saturated heterocycles. The van der Waals surface area contributed by atoms with E-state index in [9.17, 15) is 18.4 Å². The average molecular weight is 453 g/mol. The molecule has 2 aliphatic heterocycles. The number of hydrogen-bond acceptors (Lipinski definition) is 2. The molecule has 3 aromatic rings. The first kappa shape index (κ1) is 20.6. The third-order valence-corrected chi connectivity index (χ3v) is 6.79. The molecule has 0 radical (unpaired) electrons. The highest BCUT2D eigenvalue weighted by atomic mass is 35.5. The zero-order valence-electron chi connectivity index (χ0n) is 17.1. The molecule has 162 valence electrons. The molecule has 32 heavy (non-hydrogen) atoms. The highest BCUT2D eigenvalue weighted by Crippen LogP contribution is 2.57. The van der Waals surface area contributed by atoms with E-state index in [1.807, 2.05) is 6.07 Å². The summed E-state index contributed by atoms with van der Waals surface area (Å²) >= 11 is 6.25. The first-order chi connectivity index (χ1) is 15.3. The van der Waals surface area contributed by atoms with E-state index in [4.69, 9.17) is 11.6 Å². The Morgan fingerprint density at radius 1 is 1.00 bits per heavy atom. The summed E-state index contributed by atoms with van der Waals surface area (Å²) in [6.45, 7) is 1.80. The van der Waals surface area contributed by atoms with E-state index in [0.717, 1.165) is 5.56 Å². The van der Waals surface area contributed by atoms with Crippen molar-refractivity contribution in [2.24, 2.45) is 0 Å². The van der Waals surface area contributed by atoms with Crippen molar-refractivity contribution >= 4 is 29.1 Å². The van der Waals surface area contributed by atoms with Crippen LogP contribution in [0.1, 0.15) is 40.6 Å². The maximum Gasteiger partial charge on any atom is 0.238 e. The summed E-state index contributed by atoms with van der Waals surface area (Å²) in [7, 11) is 0. The summed E-state index contributed by atoms with van der Waals surface area (Å²) < 4.78 is 28.3. The van der Waals surface area contributed by atoms with Crippen molar-refractivity contribution < 1.29 is 18.4 Å². The summed E-state index contributed by atoms with van der Waals surface area (Å²) in [4.78, 5) is 26.7. The standard InChI is InChI=1S/C25H19ClF2N2O2/c1-13-5-6-16(27)10-18(13)23-25(19-8-7-17(28)11-21(19)29-24(25)32)20(12-22(31)30-23)14-3-2-4-15(26)9-14/h2-11,20,23H,12H2,1H3,(H,29,32)(H,30,31). The molecule has 2 amide bonds. The fourth-order valence-electron chi connectivity index (χ4n) is 5.19. The third-order valence-electron chi connectivity index (χ3n) is 6.55. The molecule has 1 fully saturated rings. The molecule has 3 unspecified atom stereocenters. The molecule has 5 rings (SSSR count). The van der Waals surface area contributed by atoms with Crippen LogP contribution >= 0.6 is 11.6 Å². The number of carbonyl (C=O) groups is 2. The van der Waals surface area contributed by atoms with Crippen molar-refractivity contribution in [3.63, 3.8) is 0 Å². The first-order valence-corrected chi connectivity index (χ1v) is 10.6. The largest absolute Gasteiger partial charge is 0.348 e. The van der Waals surface area contributed by atoms with Crippen LogP contribution < -0.4 is 10.6 Å². The first-order valence-electron chi connectivity index (χ1n) is 10.2. The van der Waals surface area contributed by atoms with Crippen molar-refractivity contribution in [3.05, 3.63) is 99.6 Å². The van der Waals surface area contributed by atoms with Crippen LogP contribution in [0.3, 0.4) is 0 Å². The van der Waals surface area contributed by atoms with Crippen LogP contribution in [0.5, 0.6) is 0 Å². The number of fused-ring (bicyclic) bond motifs is 2. The van der Waals surface area contributed by atoms with E-state index in [0.29, 0.717) is 27.4 Å². The van der Waals surface area contributed by atoms with Gasteiger partial charge in [-0.15, -0.1) is 0 Å². The van der Waals surface area contributed by atoms with Gasteiger partial charge in [-0.1, -0.05) is 35.9 Å². The maximum atomic E-state index is 14.3. The van der Waals surface area contributed by atoms with E-state index in [2.05, 4.69) is 10.6 Å². The van der Waals surface area contributed by atoms with Gasteiger partial charge in [0.2, 0.25) is 11.8 Å². The molecule has 2 aliphatic rings. The van der Waals surface area contributed by atoms with Crippen molar-refractivity contribution in [3.8, 4) is 0 Å². The number of amides is 2. The van der Waals surface area contributed by atoms with Crippen LogP contribution in [0.4, 0.5) is 14.5 Å². The molecular weight excluding hydrogens is 434 g/mol. The Kier molecular flexibility index (Phi) is 4.78. The topological polar surface area (TPSA) is 58.2 Å². The van der Waals surface area contributed by atoms with Gasteiger partial charge in [0.05, 0.1) is 6.04 Å². The smallest absolute Gasteiger partial charge is 0.238 e. The molecule has 2 heterocycles. The van der Waals surface area contributed by atoms with Gasteiger partial charge >= 0.3 is 0 Å². The number of rotatable bonds is 2. The maximum absolute atomic E-state index is 14.3. The lowest BCUT2D eigenvalue weighted by molar-refractivity contribution is -0.131. The fraction of sp³-hybridized carbons (Fsp3) is 0.200. The van der Waals surface area contributed by atoms with Crippen LogP contribution in [0.15, 0.2) is 60.7 Å². The van der Waals surface area contributed by atoms with Gasteiger partial charge in [0.25, 0.3) is 0 Å². The molecule has 3 aromatic carbocycles. The predicted octanol–water partition coefficient (Wildman–Crippen LogP) is 5.16. The number of benzene rings is 3. The molecule has 0 aliphatic carbocycles. The minimum Gasteiger partial charge on any atom is -0.348 e. The van der Waals surface area contributed by atoms with Gasteiger partial charge in [0.1, 0.15) is 17.0 Å². The van der Waals surface area contributed by atoms with Gasteiger partial charge in [0, 0.05) is 23.0 Å². The van der Waals surface area contributed by atoms with Crippen molar-refractivity contribution in [2.45, 2.75) is 30.7 Å². The second kappa shape index (κ2) is 7.41. The quantitative estimate of drug-likeness (QED) is 0.564. The number of piperidine rings is 1. The highest BCUT2D eigenvalue weighted by molar-refractivity contribution is 6.30. The van der Waals surface area contributed by atoms with Crippen LogP contribution in [-0.4, -0.2) is 11.8 Å². The van der Waals surface area contributed by atoms with Gasteiger partial charge in [-0.25, -0.2) is 8.78 Å². The van der Waals surface area contributed by atoms with Crippen molar-refractivity contribution in [1.29, 1.82) is 0 Å². The normalized spacial score (nSPS) is 24.2. The molecule has 7 heteroatoms. The summed E-state index contributed by atoms with van der Waals surface area (Å²) in [5.74, 6) is -2.21. The average Bonchev–Trinajstić information content (AvgIpc) is 3.02. The number of aryl methyl sites for hydroxylation is 1. The molecule has 4 nitrogen and oxygen atoms in total. The van der Waals surface area contributed by atoms with Crippen molar-refractivity contribution in [1.82, 2.24) is 5.32 Å². The molecule has 0 bridgehead atoms. The Morgan fingerprint density at radius 3 is 2.53 bits per heavy atom. The lowest BCUT2D eigenvalue weighted by Crippen LogP contribution is -2.57. The Labute approximate surface area is 188 Å². The van der Waals surface area contributed by atoms with E-state index in [-0.39, 0.29) is 18.2 Å². The van der Waals surface area contributed by atoms with Gasteiger partial charge in [-0.2, -0.15) is 0 Å². The van der Waals surface area contributed by atoms with Crippen LogP contribution in [0.25, 0.3) is 0 Å². The van der Waals surface area contributed by atoms with Gasteiger partial charge in [-0.3, -0.25) is 9.59 Å². The lowest BCUT2D eigenvalue weighted by atomic mass is 9.59. The van der Waals surface area contributed by atoms with Gasteiger partial charge in [-0.05, 0) is 65.6 Å². The molecule has 1 spiro atoms.